The van der Waals surface area contributed by atoms with Gasteiger partial charge in [-0.2, -0.15) is 0 Å². The predicted molar refractivity (Wildman–Crippen MR) is 107 cm³/mol. The third-order valence-corrected chi connectivity index (χ3v) is 5.50. The number of carbonyl (C=O) groups excluding carboxylic acids is 1. The molecule has 1 aromatic rings. The van der Waals surface area contributed by atoms with Crippen molar-refractivity contribution >= 4 is 23.5 Å². The minimum Gasteiger partial charge on any atom is -0.357 e. The highest BCUT2D eigenvalue weighted by Gasteiger charge is 2.44. The number of nitrogens with one attached hydrogen (secondary N) is 2. The maximum Gasteiger partial charge on any atom is 0.224 e. The first kappa shape index (κ1) is 19.0. The van der Waals surface area contributed by atoms with Crippen LogP contribution in [0, 0.1) is 0 Å². The normalized spacial score (nSPS) is 18.7. The summed E-state index contributed by atoms with van der Waals surface area (Å²) >= 11 is 6.15. The van der Waals surface area contributed by atoms with Crippen molar-refractivity contribution in [1.82, 2.24) is 15.5 Å². The number of guanidine groups is 1. The molecule has 2 fully saturated rings. The summed E-state index contributed by atoms with van der Waals surface area (Å²) in [6, 6.07) is 8.12. The molecule has 26 heavy (non-hydrogen) atoms. The minimum absolute atomic E-state index is 0.124. The third kappa shape index (κ3) is 4.91. The van der Waals surface area contributed by atoms with Crippen molar-refractivity contribution in [3.05, 3.63) is 34.9 Å². The van der Waals surface area contributed by atoms with Crippen LogP contribution in [0.25, 0.3) is 0 Å². The van der Waals surface area contributed by atoms with Gasteiger partial charge in [-0.1, -0.05) is 23.7 Å². The van der Waals surface area contributed by atoms with Crippen molar-refractivity contribution in [2.45, 2.75) is 44.4 Å². The smallest absolute Gasteiger partial charge is 0.224 e. The van der Waals surface area contributed by atoms with Gasteiger partial charge in [0.2, 0.25) is 5.91 Å². The van der Waals surface area contributed by atoms with Gasteiger partial charge in [0, 0.05) is 43.0 Å². The molecule has 0 radical (unpaired) electrons. The quantitative estimate of drug-likeness (QED) is 0.568. The lowest BCUT2D eigenvalue weighted by molar-refractivity contribution is -0.129. The Balaban J connectivity index is 1.53. The molecular formula is C20H29ClN4O. The van der Waals surface area contributed by atoms with E-state index >= 15 is 0 Å². The lowest BCUT2D eigenvalue weighted by atomic mass is 9.96. The Morgan fingerprint density at radius 1 is 1.27 bits per heavy atom. The molecule has 0 unspecified atom stereocenters. The van der Waals surface area contributed by atoms with Gasteiger partial charge in [0.25, 0.3) is 0 Å². The molecule has 2 N–H and O–H groups in total. The summed E-state index contributed by atoms with van der Waals surface area (Å²) in [6.45, 7) is 6.03. The number of benzene rings is 1. The average molecular weight is 377 g/mol. The molecule has 1 amide bonds. The zero-order valence-corrected chi connectivity index (χ0v) is 16.3. The van der Waals surface area contributed by atoms with Crippen LogP contribution in [0.4, 0.5) is 0 Å². The lowest BCUT2D eigenvalue weighted by Gasteiger charge is -2.18. The van der Waals surface area contributed by atoms with Gasteiger partial charge >= 0.3 is 0 Å². The fourth-order valence-corrected chi connectivity index (χ4v) is 3.68. The van der Waals surface area contributed by atoms with E-state index in [0.29, 0.717) is 13.0 Å². The van der Waals surface area contributed by atoms with Crippen LogP contribution in [0.3, 0.4) is 0 Å². The van der Waals surface area contributed by atoms with E-state index in [9.17, 15) is 4.79 Å². The number of rotatable bonds is 7. The number of carbonyl (C=O) groups is 1. The number of hydrogen-bond donors (Lipinski definition) is 2. The van der Waals surface area contributed by atoms with Crippen LogP contribution in [-0.4, -0.2) is 49.5 Å². The number of aliphatic imine (C=N–C) groups is 1. The largest absolute Gasteiger partial charge is 0.357 e. The first-order chi connectivity index (χ1) is 12.6. The Kier molecular flexibility index (Phi) is 6.41. The van der Waals surface area contributed by atoms with Crippen molar-refractivity contribution < 1.29 is 4.79 Å². The van der Waals surface area contributed by atoms with E-state index in [1.54, 1.807) is 0 Å². The van der Waals surface area contributed by atoms with Gasteiger partial charge in [0.15, 0.2) is 5.96 Å². The molecule has 0 bridgehead atoms. The summed E-state index contributed by atoms with van der Waals surface area (Å²) in [5, 5.41) is 7.36. The zero-order valence-electron chi connectivity index (χ0n) is 15.6. The van der Waals surface area contributed by atoms with E-state index in [1.807, 2.05) is 17.0 Å². The summed E-state index contributed by atoms with van der Waals surface area (Å²) in [5.74, 6) is 1.03. The van der Waals surface area contributed by atoms with Crippen LogP contribution in [-0.2, 0) is 10.2 Å². The highest BCUT2D eigenvalue weighted by atomic mass is 35.5. The maximum atomic E-state index is 12.1. The van der Waals surface area contributed by atoms with Gasteiger partial charge in [0.1, 0.15) is 0 Å². The maximum absolute atomic E-state index is 12.1. The van der Waals surface area contributed by atoms with Gasteiger partial charge in [-0.25, -0.2) is 0 Å². The van der Waals surface area contributed by atoms with Crippen LogP contribution in [0.2, 0.25) is 5.02 Å². The summed E-state index contributed by atoms with van der Waals surface area (Å²) in [7, 11) is 0. The van der Waals surface area contributed by atoms with E-state index in [4.69, 9.17) is 16.6 Å². The van der Waals surface area contributed by atoms with Crippen LogP contribution < -0.4 is 10.6 Å². The van der Waals surface area contributed by atoms with E-state index in [2.05, 4.69) is 29.7 Å². The standard InChI is InChI=1S/C20H29ClN4O/c1-2-22-19(23-11-8-18(26)25-12-3-4-13-25)24-15-20(9-10-20)16-6-5-7-17(21)14-16/h5-7,14H,2-4,8-13,15H2,1H3,(H2,22,23,24). The number of nitrogens with zero attached hydrogens (tertiary/aromatic N) is 2. The Morgan fingerprint density at radius 3 is 2.69 bits per heavy atom. The monoisotopic (exact) mass is 376 g/mol. The zero-order chi connectivity index (χ0) is 18.4. The van der Waals surface area contributed by atoms with E-state index < -0.39 is 0 Å². The minimum atomic E-state index is 0.124. The summed E-state index contributed by atoms with van der Waals surface area (Å²) in [5.41, 5.74) is 1.40. The number of hydrogen-bond acceptors (Lipinski definition) is 2. The van der Waals surface area contributed by atoms with Crippen LogP contribution in [0.15, 0.2) is 29.3 Å². The fourth-order valence-electron chi connectivity index (χ4n) is 3.49. The lowest BCUT2D eigenvalue weighted by Crippen LogP contribution is -2.40. The van der Waals surface area contributed by atoms with Gasteiger partial charge < -0.3 is 15.5 Å². The van der Waals surface area contributed by atoms with Crippen LogP contribution in [0.5, 0.6) is 0 Å². The second-order valence-corrected chi connectivity index (χ2v) is 7.69. The molecule has 1 aliphatic heterocycles. The number of halogens is 1. The molecule has 5 nitrogen and oxygen atoms in total. The average Bonchev–Trinajstić information content (AvgIpc) is 3.22. The number of amides is 1. The van der Waals surface area contributed by atoms with Crippen molar-refractivity contribution in [3.8, 4) is 0 Å². The van der Waals surface area contributed by atoms with Crippen LogP contribution >= 0.6 is 11.6 Å². The van der Waals surface area contributed by atoms with Gasteiger partial charge in [-0.3, -0.25) is 9.79 Å². The molecule has 6 heteroatoms. The Labute approximate surface area is 161 Å². The summed E-state index contributed by atoms with van der Waals surface area (Å²) in [4.78, 5) is 18.9. The van der Waals surface area contributed by atoms with Crippen molar-refractivity contribution in [2.75, 3.05) is 32.7 Å². The first-order valence-electron chi connectivity index (χ1n) is 9.69. The second-order valence-electron chi connectivity index (χ2n) is 7.25. The SMILES string of the molecule is CCNC(=NCC1(c2cccc(Cl)c2)CC1)NCCC(=O)N1CCCC1. The summed E-state index contributed by atoms with van der Waals surface area (Å²) in [6.07, 6.45) is 5.07. The van der Waals surface area contributed by atoms with Gasteiger partial charge in [-0.15, -0.1) is 0 Å². The van der Waals surface area contributed by atoms with Crippen molar-refractivity contribution in [2.24, 2.45) is 4.99 Å². The first-order valence-corrected chi connectivity index (χ1v) is 10.1. The fraction of sp³-hybridized carbons (Fsp3) is 0.600. The van der Waals surface area contributed by atoms with Gasteiger partial charge in [0.05, 0.1) is 6.54 Å². The van der Waals surface area contributed by atoms with Crippen molar-refractivity contribution in [3.63, 3.8) is 0 Å². The predicted octanol–water partition coefficient (Wildman–Crippen LogP) is 2.94. The summed E-state index contributed by atoms with van der Waals surface area (Å²) < 4.78 is 0. The molecule has 3 rings (SSSR count). The Morgan fingerprint density at radius 2 is 2.04 bits per heavy atom. The van der Waals surface area contributed by atoms with E-state index in [0.717, 1.165) is 62.8 Å². The Hall–Kier alpha value is -1.75. The van der Waals surface area contributed by atoms with Crippen molar-refractivity contribution in [1.29, 1.82) is 0 Å². The molecule has 1 saturated heterocycles. The molecule has 0 aromatic heterocycles. The van der Waals surface area contributed by atoms with Crippen LogP contribution in [0.1, 0.15) is 44.6 Å². The third-order valence-electron chi connectivity index (χ3n) is 5.26. The van der Waals surface area contributed by atoms with E-state index in [-0.39, 0.29) is 11.3 Å². The molecule has 0 spiro atoms. The molecule has 1 aromatic carbocycles. The molecule has 0 atom stereocenters. The highest BCUT2D eigenvalue weighted by Crippen LogP contribution is 2.48. The Bertz CT molecular complexity index is 651. The number of likely N-dealkylation sites (tertiary alicyclic amines) is 1. The molecule has 1 saturated carbocycles. The molecular weight excluding hydrogens is 348 g/mol. The topological polar surface area (TPSA) is 56.7 Å². The molecule has 1 heterocycles. The molecule has 142 valence electrons. The molecule has 1 aliphatic carbocycles. The molecule has 2 aliphatic rings. The van der Waals surface area contributed by atoms with Gasteiger partial charge in [-0.05, 0) is 50.3 Å². The second kappa shape index (κ2) is 8.76. The van der Waals surface area contributed by atoms with E-state index in [1.165, 1.54) is 5.56 Å². The highest BCUT2D eigenvalue weighted by molar-refractivity contribution is 6.30.